The van der Waals surface area contributed by atoms with E-state index in [2.05, 4.69) is 229 Å². The molecular weight excluding hydrogens is 727 g/mol. The van der Waals surface area contributed by atoms with Crippen LogP contribution in [0.15, 0.2) is 241 Å². The summed E-state index contributed by atoms with van der Waals surface area (Å²) in [6.45, 7) is 0. The van der Waals surface area contributed by atoms with Crippen molar-refractivity contribution in [2.45, 2.75) is 0 Å². The van der Waals surface area contributed by atoms with Gasteiger partial charge in [-0.05, 0) is 97.7 Å². The van der Waals surface area contributed by atoms with Crippen molar-refractivity contribution in [1.29, 1.82) is 0 Å². The van der Waals surface area contributed by atoms with E-state index < -0.39 is 0 Å². The van der Waals surface area contributed by atoms with Crippen molar-refractivity contribution < 1.29 is 4.42 Å². The molecule has 0 unspecified atom stereocenters. The molecule has 10 aromatic carbocycles. The van der Waals surface area contributed by atoms with Gasteiger partial charge in [0.25, 0.3) is 0 Å². The maximum Gasteiger partial charge on any atom is 0.143 e. The number of para-hydroxylation sites is 2. The topological polar surface area (TPSA) is 16.4 Å². The highest BCUT2D eigenvalue weighted by Gasteiger charge is 2.24. The van der Waals surface area contributed by atoms with E-state index in [1.165, 1.54) is 27.5 Å². The van der Waals surface area contributed by atoms with Gasteiger partial charge in [-0.3, -0.25) is 0 Å². The average Bonchev–Trinajstić information content (AvgIpc) is 3.71. The molecule has 11 rings (SSSR count). The maximum absolute atomic E-state index is 6.59. The first-order valence-electron chi connectivity index (χ1n) is 20.5. The minimum atomic E-state index is 0.891. The zero-order chi connectivity index (χ0) is 39.8. The Morgan fingerprint density at radius 2 is 0.833 bits per heavy atom. The van der Waals surface area contributed by atoms with Crippen LogP contribution in [-0.4, -0.2) is 0 Å². The third-order valence-electron chi connectivity index (χ3n) is 11.7. The maximum atomic E-state index is 6.59. The highest BCUT2D eigenvalue weighted by Crippen LogP contribution is 2.49. The summed E-state index contributed by atoms with van der Waals surface area (Å²) in [5.41, 5.74) is 16.4. The van der Waals surface area contributed by atoms with Crippen molar-refractivity contribution in [2.24, 2.45) is 0 Å². The molecule has 0 fully saturated rings. The van der Waals surface area contributed by atoms with E-state index in [1.54, 1.807) is 0 Å². The molecule has 2 heteroatoms. The monoisotopic (exact) mass is 765 g/mol. The van der Waals surface area contributed by atoms with Crippen LogP contribution in [0.4, 0.5) is 17.1 Å². The molecule has 0 radical (unpaired) electrons. The highest BCUT2D eigenvalue weighted by atomic mass is 16.3. The fraction of sp³-hybridized carbons (Fsp3) is 0. The van der Waals surface area contributed by atoms with Gasteiger partial charge < -0.3 is 9.32 Å². The molecule has 0 aliphatic carbocycles. The second-order valence-electron chi connectivity index (χ2n) is 15.3. The lowest BCUT2D eigenvalue weighted by Gasteiger charge is -2.30. The molecule has 0 aliphatic rings. The molecule has 1 aromatic heterocycles. The van der Waals surface area contributed by atoms with Crippen molar-refractivity contribution in [3.8, 4) is 55.6 Å². The molecule has 0 saturated carbocycles. The summed E-state index contributed by atoms with van der Waals surface area (Å²) >= 11 is 0. The standard InChI is InChI=1S/C58H39NO/c1-3-18-41(19-4-1)49-27-9-10-29-53(49)57-50(42-20-5-2-6-21-42)30-16-33-55(57)59(47-25-13-23-44(38-47)45-36-35-40-17-7-8-22-43(40)37-45)48-26-14-24-46(39-48)51-31-15-32-54-52-28-11-12-34-56(52)60-58(51)54/h1-39H. The summed E-state index contributed by atoms with van der Waals surface area (Å²) < 4.78 is 6.59. The van der Waals surface area contributed by atoms with Crippen LogP contribution in [0.3, 0.4) is 0 Å². The van der Waals surface area contributed by atoms with Gasteiger partial charge in [-0.2, -0.15) is 0 Å². The number of nitrogens with zero attached hydrogens (tertiary/aromatic N) is 1. The largest absolute Gasteiger partial charge is 0.455 e. The molecule has 0 aliphatic heterocycles. The summed E-state index contributed by atoms with van der Waals surface area (Å²) in [7, 11) is 0. The fourth-order valence-electron chi connectivity index (χ4n) is 8.85. The number of hydrogen-bond donors (Lipinski definition) is 0. The van der Waals surface area contributed by atoms with Crippen molar-refractivity contribution in [2.75, 3.05) is 4.90 Å². The van der Waals surface area contributed by atoms with E-state index in [0.29, 0.717) is 0 Å². The molecule has 0 bridgehead atoms. The van der Waals surface area contributed by atoms with Gasteiger partial charge in [0.05, 0.1) is 5.69 Å². The summed E-state index contributed by atoms with van der Waals surface area (Å²) in [4.78, 5) is 2.44. The average molecular weight is 766 g/mol. The van der Waals surface area contributed by atoms with Crippen molar-refractivity contribution >= 4 is 49.8 Å². The number of fused-ring (bicyclic) bond motifs is 4. The van der Waals surface area contributed by atoms with Gasteiger partial charge in [0, 0.05) is 33.3 Å². The van der Waals surface area contributed by atoms with Crippen molar-refractivity contribution in [3.63, 3.8) is 0 Å². The Bertz CT molecular complexity index is 3330. The molecule has 0 saturated heterocycles. The third kappa shape index (κ3) is 6.32. The Hall–Kier alpha value is -7.94. The van der Waals surface area contributed by atoms with Crippen LogP contribution in [-0.2, 0) is 0 Å². The van der Waals surface area contributed by atoms with Crippen LogP contribution >= 0.6 is 0 Å². The second kappa shape index (κ2) is 15.1. The van der Waals surface area contributed by atoms with E-state index in [9.17, 15) is 0 Å². The lowest BCUT2D eigenvalue weighted by Crippen LogP contribution is -2.12. The molecule has 1 heterocycles. The zero-order valence-corrected chi connectivity index (χ0v) is 32.9. The third-order valence-corrected chi connectivity index (χ3v) is 11.7. The molecule has 60 heavy (non-hydrogen) atoms. The molecule has 0 N–H and O–H groups in total. The number of anilines is 3. The number of benzene rings is 10. The number of rotatable bonds is 8. The van der Waals surface area contributed by atoms with E-state index in [-0.39, 0.29) is 0 Å². The SMILES string of the molecule is c1ccc(-c2ccccc2-c2c(-c3ccccc3)cccc2N(c2cccc(-c3ccc4ccccc4c3)c2)c2cccc(-c3cccc4c3oc3ccccc34)c2)cc1. The van der Waals surface area contributed by atoms with E-state index in [1.807, 2.05) is 12.1 Å². The lowest BCUT2D eigenvalue weighted by molar-refractivity contribution is 0.670. The summed E-state index contributed by atoms with van der Waals surface area (Å²) in [6, 6.07) is 85.0. The predicted molar refractivity (Wildman–Crippen MR) is 253 cm³/mol. The predicted octanol–water partition coefficient (Wildman–Crippen LogP) is 16.5. The summed E-state index contributed by atoms with van der Waals surface area (Å²) in [5, 5.41) is 4.69. The van der Waals surface area contributed by atoms with Gasteiger partial charge in [-0.15, -0.1) is 0 Å². The first-order valence-corrected chi connectivity index (χ1v) is 20.5. The van der Waals surface area contributed by atoms with Crippen LogP contribution in [0.25, 0.3) is 88.3 Å². The highest BCUT2D eigenvalue weighted by molar-refractivity contribution is 6.10. The van der Waals surface area contributed by atoms with Gasteiger partial charge in [-0.1, -0.05) is 194 Å². The first-order chi connectivity index (χ1) is 29.8. The van der Waals surface area contributed by atoms with Crippen LogP contribution in [0.5, 0.6) is 0 Å². The van der Waals surface area contributed by atoms with E-state index >= 15 is 0 Å². The Labute approximate surface area is 349 Å². The molecule has 282 valence electrons. The van der Waals surface area contributed by atoms with E-state index in [0.717, 1.165) is 77.9 Å². The van der Waals surface area contributed by atoms with Gasteiger partial charge in [0.15, 0.2) is 0 Å². The quantitative estimate of drug-likeness (QED) is 0.153. The van der Waals surface area contributed by atoms with Gasteiger partial charge in [-0.25, -0.2) is 0 Å². The first kappa shape index (κ1) is 35.2. The minimum absolute atomic E-state index is 0.891. The van der Waals surface area contributed by atoms with E-state index in [4.69, 9.17) is 4.42 Å². The Morgan fingerprint density at radius 1 is 0.300 bits per heavy atom. The minimum Gasteiger partial charge on any atom is -0.455 e. The second-order valence-corrected chi connectivity index (χ2v) is 15.3. The van der Waals surface area contributed by atoms with Gasteiger partial charge >= 0.3 is 0 Å². The number of hydrogen-bond acceptors (Lipinski definition) is 2. The molecule has 0 amide bonds. The van der Waals surface area contributed by atoms with Crippen LogP contribution in [0, 0.1) is 0 Å². The summed E-state index contributed by atoms with van der Waals surface area (Å²) in [6.07, 6.45) is 0. The smallest absolute Gasteiger partial charge is 0.143 e. The number of furan rings is 1. The van der Waals surface area contributed by atoms with Crippen molar-refractivity contribution in [3.05, 3.63) is 237 Å². The normalized spacial score (nSPS) is 11.3. The molecule has 2 nitrogen and oxygen atoms in total. The summed E-state index contributed by atoms with van der Waals surface area (Å²) in [5.74, 6) is 0. The Morgan fingerprint density at radius 3 is 1.63 bits per heavy atom. The Balaban J connectivity index is 1.18. The van der Waals surface area contributed by atoms with Crippen molar-refractivity contribution in [1.82, 2.24) is 0 Å². The van der Waals surface area contributed by atoms with Gasteiger partial charge in [0.1, 0.15) is 11.2 Å². The Kier molecular flexibility index (Phi) is 8.87. The molecule has 0 atom stereocenters. The zero-order valence-electron chi connectivity index (χ0n) is 32.9. The van der Waals surface area contributed by atoms with Crippen LogP contribution in [0.1, 0.15) is 0 Å². The lowest BCUT2D eigenvalue weighted by atomic mass is 9.87. The molecular formula is C58H39NO. The van der Waals surface area contributed by atoms with Gasteiger partial charge in [0.2, 0.25) is 0 Å². The van der Waals surface area contributed by atoms with Crippen LogP contribution in [0.2, 0.25) is 0 Å². The molecule has 11 aromatic rings. The molecule has 0 spiro atoms. The van der Waals surface area contributed by atoms with Crippen LogP contribution < -0.4 is 4.90 Å². The fourth-order valence-corrected chi connectivity index (χ4v) is 8.85.